The topological polar surface area (TPSA) is 50.7 Å². The number of fused-ring (bicyclic) bond motifs is 1. The van der Waals surface area contributed by atoms with E-state index in [0.717, 1.165) is 14.7 Å². The minimum Gasteiger partial charge on any atom is -0.488 e. The Kier molecular flexibility index (Phi) is 6.39. The van der Waals surface area contributed by atoms with Gasteiger partial charge in [-0.25, -0.2) is 5.43 Å². The van der Waals surface area contributed by atoms with Crippen LogP contribution in [0.5, 0.6) is 5.75 Å². The Morgan fingerprint density at radius 3 is 2.60 bits per heavy atom. The molecule has 0 bridgehead atoms. The molecular formula is C25H19IN2O2. The first-order chi connectivity index (χ1) is 14.7. The number of nitrogens with zero attached hydrogens (tertiary/aromatic N) is 1. The van der Waals surface area contributed by atoms with E-state index in [1.165, 1.54) is 10.8 Å². The number of carbonyl (C=O) groups excluding carboxylic acids is 1. The minimum absolute atomic E-state index is 0.251. The van der Waals surface area contributed by atoms with Crippen molar-refractivity contribution in [1.82, 2.24) is 5.43 Å². The number of nitrogens with one attached hydrogen (secondary N) is 1. The molecule has 0 radical (unpaired) electrons. The molecule has 0 spiro atoms. The van der Waals surface area contributed by atoms with Crippen molar-refractivity contribution in [1.29, 1.82) is 0 Å². The van der Waals surface area contributed by atoms with E-state index in [0.29, 0.717) is 17.9 Å². The third-order valence-corrected chi connectivity index (χ3v) is 5.31. The first kappa shape index (κ1) is 20.1. The summed E-state index contributed by atoms with van der Waals surface area (Å²) in [6.45, 7) is 0.445. The molecule has 5 heteroatoms. The number of halogens is 1. The molecule has 0 heterocycles. The number of hydrazone groups is 1. The maximum atomic E-state index is 12.2. The van der Waals surface area contributed by atoms with Gasteiger partial charge in [0.15, 0.2) is 0 Å². The Morgan fingerprint density at radius 1 is 0.933 bits per heavy atom. The molecule has 4 aromatic carbocycles. The Morgan fingerprint density at radius 2 is 1.70 bits per heavy atom. The van der Waals surface area contributed by atoms with E-state index in [-0.39, 0.29) is 5.91 Å². The number of para-hydroxylation sites is 1. The smallest absolute Gasteiger partial charge is 0.271 e. The van der Waals surface area contributed by atoms with Crippen LogP contribution in [0.4, 0.5) is 0 Å². The van der Waals surface area contributed by atoms with E-state index in [1.807, 2.05) is 60.7 Å². The van der Waals surface area contributed by atoms with E-state index in [2.05, 4.69) is 57.4 Å². The van der Waals surface area contributed by atoms with Crippen LogP contribution in [-0.4, -0.2) is 12.1 Å². The third kappa shape index (κ3) is 4.86. The normalized spacial score (nSPS) is 11.0. The van der Waals surface area contributed by atoms with Crippen molar-refractivity contribution in [3.8, 4) is 5.75 Å². The largest absolute Gasteiger partial charge is 0.488 e. The van der Waals surface area contributed by atoms with Gasteiger partial charge in [0.05, 0.1) is 6.21 Å². The van der Waals surface area contributed by atoms with Crippen LogP contribution in [-0.2, 0) is 6.61 Å². The fraction of sp³-hybridized carbons (Fsp3) is 0.0400. The van der Waals surface area contributed by atoms with Crippen LogP contribution in [0.25, 0.3) is 10.8 Å². The molecule has 0 fully saturated rings. The summed E-state index contributed by atoms with van der Waals surface area (Å²) in [5, 5.41) is 6.47. The summed E-state index contributed by atoms with van der Waals surface area (Å²) in [5.74, 6) is 0.455. The average Bonchev–Trinajstić information content (AvgIpc) is 2.78. The van der Waals surface area contributed by atoms with Crippen molar-refractivity contribution in [3.05, 3.63) is 111 Å². The summed E-state index contributed by atoms with van der Waals surface area (Å²) < 4.78 is 7.08. The molecule has 0 aliphatic heterocycles. The fourth-order valence-corrected chi connectivity index (χ4v) is 3.69. The Balaban J connectivity index is 1.46. The van der Waals surface area contributed by atoms with Gasteiger partial charge in [-0.3, -0.25) is 4.79 Å². The van der Waals surface area contributed by atoms with Crippen LogP contribution >= 0.6 is 22.6 Å². The molecule has 0 saturated heterocycles. The highest BCUT2D eigenvalue weighted by Crippen LogP contribution is 2.22. The van der Waals surface area contributed by atoms with Gasteiger partial charge in [0.25, 0.3) is 5.91 Å². The van der Waals surface area contributed by atoms with Crippen LogP contribution in [0.15, 0.2) is 96.1 Å². The molecule has 4 aromatic rings. The molecule has 0 saturated carbocycles. The second kappa shape index (κ2) is 9.54. The van der Waals surface area contributed by atoms with Crippen LogP contribution in [0.2, 0.25) is 0 Å². The number of rotatable bonds is 6. The average molecular weight is 506 g/mol. The van der Waals surface area contributed by atoms with Crippen molar-refractivity contribution in [2.45, 2.75) is 6.61 Å². The van der Waals surface area contributed by atoms with Crippen LogP contribution in [0, 0.1) is 3.57 Å². The molecule has 30 heavy (non-hydrogen) atoms. The van der Waals surface area contributed by atoms with Gasteiger partial charge >= 0.3 is 0 Å². The number of hydrogen-bond acceptors (Lipinski definition) is 3. The molecular weight excluding hydrogens is 487 g/mol. The van der Waals surface area contributed by atoms with Gasteiger partial charge < -0.3 is 4.74 Å². The van der Waals surface area contributed by atoms with E-state index >= 15 is 0 Å². The van der Waals surface area contributed by atoms with Crippen LogP contribution < -0.4 is 10.2 Å². The molecule has 1 N–H and O–H groups in total. The van der Waals surface area contributed by atoms with E-state index < -0.39 is 0 Å². The van der Waals surface area contributed by atoms with Gasteiger partial charge in [0.2, 0.25) is 0 Å². The minimum atomic E-state index is -0.251. The summed E-state index contributed by atoms with van der Waals surface area (Å²) in [7, 11) is 0. The maximum absolute atomic E-state index is 12.2. The third-order valence-electron chi connectivity index (χ3n) is 4.64. The second-order valence-electron chi connectivity index (χ2n) is 6.67. The summed E-state index contributed by atoms with van der Waals surface area (Å²) in [6, 6.07) is 29.4. The first-order valence-corrected chi connectivity index (χ1v) is 10.6. The molecule has 148 valence electrons. The zero-order valence-electron chi connectivity index (χ0n) is 16.1. The van der Waals surface area contributed by atoms with Gasteiger partial charge in [-0.05, 0) is 69.3 Å². The molecule has 0 aliphatic rings. The van der Waals surface area contributed by atoms with Gasteiger partial charge in [-0.1, -0.05) is 60.7 Å². The number of hydrogen-bond donors (Lipinski definition) is 1. The summed E-state index contributed by atoms with van der Waals surface area (Å²) >= 11 is 2.17. The number of amides is 1. The Labute approximate surface area is 188 Å². The van der Waals surface area contributed by atoms with Gasteiger partial charge in [0, 0.05) is 14.7 Å². The molecule has 4 rings (SSSR count). The zero-order chi connectivity index (χ0) is 20.8. The van der Waals surface area contributed by atoms with Gasteiger partial charge in [-0.15, -0.1) is 0 Å². The molecule has 0 aromatic heterocycles. The second-order valence-corrected chi connectivity index (χ2v) is 7.92. The van der Waals surface area contributed by atoms with E-state index in [9.17, 15) is 4.79 Å². The highest BCUT2D eigenvalue weighted by atomic mass is 127. The molecule has 0 unspecified atom stereocenters. The monoisotopic (exact) mass is 506 g/mol. The van der Waals surface area contributed by atoms with Gasteiger partial charge in [0.1, 0.15) is 12.4 Å². The quantitative estimate of drug-likeness (QED) is 0.205. The van der Waals surface area contributed by atoms with Crippen molar-refractivity contribution < 1.29 is 9.53 Å². The lowest BCUT2D eigenvalue weighted by Gasteiger charge is -2.11. The van der Waals surface area contributed by atoms with Crippen LogP contribution in [0.3, 0.4) is 0 Å². The number of carbonyl (C=O) groups is 1. The number of benzene rings is 4. The molecule has 0 atom stereocenters. The molecule has 4 nitrogen and oxygen atoms in total. The Hall–Kier alpha value is -3.19. The van der Waals surface area contributed by atoms with Crippen molar-refractivity contribution in [3.63, 3.8) is 0 Å². The summed E-state index contributed by atoms with van der Waals surface area (Å²) in [4.78, 5) is 12.2. The van der Waals surface area contributed by atoms with E-state index in [4.69, 9.17) is 4.74 Å². The predicted molar refractivity (Wildman–Crippen MR) is 129 cm³/mol. The standard InChI is InChI=1S/C25H19IN2O2/c26-22-12-6-10-19(15-22)25(29)28-27-16-20-8-2-4-14-24(20)30-17-21-11-5-9-18-7-1-3-13-23(18)21/h1-16H,17H2,(H,28,29)/b27-16-. The number of ether oxygens (including phenoxy) is 1. The molecule has 0 aliphatic carbocycles. The lowest BCUT2D eigenvalue weighted by molar-refractivity contribution is 0.0955. The highest BCUT2D eigenvalue weighted by molar-refractivity contribution is 14.1. The van der Waals surface area contributed by atoms with Gasteiger partial charge in [-0.2, -0.15) is 5.10 Å². The fourth-order valence-electron chi connectivity index (χ4n) is 3.15. The lowest BCUT2D eigenvalue weighted by Crippen LogP contribution is -2.17. The highest BCUT2D eigenvalue weighted by Gasteiger charge is 2.06. The van der Waals surface area contributed by atoms with Crippen molar-refractivity contribution in [2.75, 3.05) is 0 Å². The zero-order valence-corrected chi connectivity index (χ0v) is 18.2. The summed E-state index contributed by atoms with van der Waals surface area (Å²) in [6.07, 6.45) is 1.60. The summed E-state index contributed by atoms with van der Waals surface area (Å²) in [5.41, 5.74) is 5.05. The Bertz CT molecular complexity index is 1220. The maximum Gasteiger partial charge on any atom is 0.271 e. The lowest BCUT2D eigenvalue weighted by atomic mass is 10.1. The first-order valence-electron chi connectivity index (χ1n) is 9.48. The van der Waals surface area contributed by atoms with Crippen molar-refractivity contribution >= 4 is 45.5 Å². The SMILES string of the molecule is O=C(N/N=C\c1ccccc1OCc1cccc2ccccc12)c1cccc(I)c1. The van der Waals surface area contributed by atoms with Crippen LogP contribution in [0.1, 0.15) is 21.5 Å². The van der Waals surface area contributed by atoms with E-state index in [1.54, 1.807) is 12.3 Å². The predicted octanol–water partition coefficient (Wildman–Crippen LogP) is 5.79. The van der Waals surface area contributed by atoms with Crippen molar-refractivity contribution in [2.24, 2.45) is 5.10 Å². The molecule has 1 amide bonds.